The highest BCUT2D eigenvalue weighted by atomic mass is 32.1. The van der Waals surface area contributed by atoms with Crippen LogP contribution in [0.1, 0.15) is 78.1 Å². The molecular weight excluding hydrogens is 392 g/mol. The Morgan fingerprint density at radius 1 is 0.933 bits per heavy atom. The van der Waals surface area contributed by atoms with Crippen LogP contribution in [0.5, 0.6) is 0 Å². The number of anilines is 3. The van der Waals surface area contributed by atoms with Crippen molar-refractivity contribution in [1.29, 1.82) is 0 Å². The SMILES string of the molecule is C[C@@H]1CCCN(c2cc(N3CCCC[C@H]3C)nc(NC(=S)NC3CCCCC3)n2)C1. The van der Waals surface area contributed by atoms with Gasteiger partial charge in [0.2, 0.25) is 5.95 Å². The van der Waals surface area contributed by atoms with Crippen LogP contribution >= 0.6 is 12.2 Å². The third-order valence-corrected chi connectivity index (χ3v) is 7.16. The van der Waals surface area contributed by atoms with E-state index < -0.39 is 0 Å². The van der Waals surface area contributed by atoms with Crippen LogP contribution in [0.3, 0.4) is 0 Å². The summed E-state index contributed by atoms with van der Waals surface area (Å²) in [4.78, 5) is 14.7. The highest BCUT2D eigenvalue weighted by molar-refractivity contribution is 7.80. The minimum absolute atomic E-state index is 0.478. The van der Waals surface area contributed by atoms with Gasteiger partial charge in [-0.15, -0.1) is 0 Å². The summed E-state index contributed by atoms with van der Waals surface area (Å²) in [6.45, 7) is 7.85. The molecule has 1 aliphatic carbocycles. The Bertz CT molecular complexity index is 720. The third-order valence-electron chi connectivity index (χ3n) is 6.94. The molecule has 1 aromatic heterocycles. The molecule has 30 heavy (non-hydrogen) atoms. The molecule has 1 aromatic rings. The second-order valence-corrected chi connectivity index (χ2v) is 9.98. The normalized spacial score (nSPS) is 25.8. The zero-order valence-electron chi connectivity index (χ0n) is 18.7. The molecule has 2 N–H and O–H groups in total. The lowest BCUT2D eigenvalue weighted by Crippen LogP contribution is -2.40. The smallest absolute Gasteiger partial charge is 0.232 e. The summed E-state index contributed by atoms with van der Waals surface area (Å²) in [6, 6.07) is 3.19. The average molecular weight is 431 g/mol. The molecule has 2 aliphatic heterocycles. The predicted octanol–water partition coefficient (Wildman–Crippen LogP) is 4.71. The van der Waals surface area contributed by atoms with Gasteiger partial charge in [0.05, 0.1) is 0 Å². The van der Waals surface area contributed by atoms with Crippen LogP contribution < -0.4 is 20.4 Å². The van der Waals surface area contributed by atoms with Crippen molar-refractivity contribution in [3.05, 3.63) is 6.07 Å². The number of piperidine rings is 2. The van der Waals surface area contributed by atoms with E-state index in [0.717, 1.165) is 31.3 Å². The Kier molecular flexibility index (Phi) is 7.28. The topological polar surface area (TPSA) is 56.3 Å². The third kappa shape index (κ3) is 5.54. The van der Waals surface area contributed by atoms with Crippen molar-refractivity contribution in [2.75, 3.05) is 34.8 Å². The molecule has 3 fully saturated rings. The minimum atomic E-state index is 0.478. The molecule has 1 saturated carbocycles. The molecule has 3 aliphatic rings. The van der Waals surface area contributed by atoms with Crippen molar-refractivity contribution in [3.8, 4) is 0 Å². The summed E-state index contributed by atoms with van der Waals surface area (Å²) in [7, 11) is 0. The summed E-state index contributed by atoms with van der Waals surface area (Å²) < 4.78 is 0. The van der Waals surface area contributed by atoms with Crippen molar-refractivity contribution < 1.29 is 0 Å². The van der Waals surface area contributed by atoms with Crippen LogP contribution in [0, 0.1) is 5.92 Å². The van der Waals surface area contributed by atoms with Crippen molar-refractivity contribution in [3.63, 3.8) is 0 Å². The number of rotatable bonds is 4. The van der Waals surface area contributed by atoms with E-state index in [0.29, 0.717) is 29.1 Å². The monoisotopic (exact) mass is 430 g/mol. The standard InChI is InChI=1S/C23H38N6S/c1-17-9-8-13-28(16-17)20-15-21(29-14-7-6-10-18(29)2)26-22(25-20)27-23(30)24-19-11-4-3-5-12-19/h15,17-19H,3-14,16H2,1-2H3,(H2,24,25,26,27,30)/t17-,18-/m1/s1. The molecule has 0 unspecified atom stereocenters. The van der Waals surface area contributed by atoms with E-state index in [-0.39, 0.29) is 0 Å². The van der Waals surface area contributed by atoms with Gasteiger partial charge in [-0.25, -0.2) is 0 Å². The Balaban J connectivity index is 1.53. The van der Waals surface area contributed by atoms with Gasteiger partial charge in [0, 0.05) is 37.8 Å². The molecule has 7 heteroatoms. The maximum atomic E-state index is 5.63. The quantitative estimate of drug-likeness (QED) is 0.671. The molecule has 3 heterocycles. The van der Waals surface area contributed by atoms with Gasteiger partial charge in [-0.2, -0.15) is 9.97 Å². The predicted molar refractivity (Wildman–Crippen MR) is 130 cm³/mol. The van der Waals surface area contributed by atoms with Crippen LogP contribution in [0.4, 0.5) is 17.6 Å². The van der Waals surface area contributed by atoms with E-state index in [1.54, 1.807) is 0 Å². The van der Waals surface area contributed by atoms with Crippen LogP contribution in [-0.4, -0.2) is 46.8 Å². The highest BCUT2D eigenvalue weighted by Crippen LogP contribution is 2.29. The second kappa shape index (κ2) is 10.1. The van der Waals surface area contributed by atoms with Gasteiger partial charge in [0.1, 0.15) is 11.6 Å². The molecule has 2 saturated heterocycles. The molecular formula is C23H38N6S. The lowest BCUT2D eigenvalue weighted by molar-refractivity contribution is 0.414. The van der Waals surface area contributed by atoms with Gasteiger partial charge >= 0.3 is 0 Å². The van der Waals surface area contributed by atoms with Gasteiger partial charge in [0.15, 0.2) is 5.11 Å². The van der Waals surface area contributed by atoms with Crippen LogP contribution in [0.2, 0.25) is 0 Å². The van der Waals surface area contributed by atoms with Crippen molar-refractivity contribution in [1.82, 2.24) is 15.3 Å². The number of aromatic nitrogens is 2. The van der Waals surface area contributed by atoms with Gasteiger partial charge in [-0.05, 0) is 70.0 Å². The summed E-state index contributed by atoms with van der Waals surface area (Å²) in [5, 5.41) is 7.47. The zero-order valence-corrected chi connectivity index (χ0v) is 19.5. The molecule has 2 atom stereocenters. The summed E-state index contributed by atoms with van der Waals surface area (Å²) >= 11 is 5.63. The van der Waals surface area contributed by atoms with Crippen LogP contribution in [-0.2, 0) is 0 Å². The van der Waals surface area contributed by atoms with Gasteiger partial charge in [-0.1, -0.05) is 26.2 Å². The molecule has 0 radical (unpaired) electrons. The lowest BCUT2D eigenvalue weighted by Gasteiger charge is -2.36. The van der Waals surface area contributed by atoms with Crippen LogP contribution in [0.25, 0.3) is 0 Å². The van der Waals surface area contributed by atoms with E-state index in [1.807, 2.05) is 0 Å². The minimum Gasteiger partial charge on any atom is -0.360 e. The molecule has 166 valence electrons. The summed E-state index contributed by atoms with van der Waals surface area (Å²) in [5.41, 5.74) is 0. The molecule has 0 bridgehead atoms. The molecule has 4 rings (SSSR count). The Labute approximate surface area is 187 Å². The fraction of sp³-hybridized carbons (Fsp3) is 0.783. The zero-order chi connectivity index (χ0) is 20.9. The number of thiocarbonyl (C=S) groups is 1. The highest BCUT2D eigenvalue weighted by Gasteiger charge is 2.24. The fourth-order valence-electron chi connectivity index (χ4n) is 5.19. The van der Waals surface area contributed by atoms with Gasteiger partial charge in [0.25, 0.3) is 0 Å². The van der Waals surface area contributed by atoms with E-state index in [9.17, 15) is 0 Å². The van der Waals surface area contributed by atoms with Crippen LogP contribution in [0.15, 0.2) is 6.07 Å². The first kappa shape index (κ1) is 21.6. The molecule has 0 amide bonds. The first-order chi connectivity index (χ1) is 14.6. The average Bonchev–Trinajstić information content (AvgIpc) is 2.74. The Morgan fingerprint density at radius 2 is 1.70 bits per heavy atom. The van der Waals surface area contributed by atoms with E-state index in [4.69, 9.17) is 22.2 Å². The number of nitrogens with one attached hydrogen (secondary N) is 2. The van der Waals surface area contributed by atoms with Gasteiger partial charge < -0.3 is 20.4 Å². The van der Waals surface area contributed by atoms with Crippen molar-refractivity contribution in [2.24, 2.45) is 5.92 Å². The van der Waals surface area contributed by atoms with Crippen molar-refractivity contribution >= 4 is 34.9 Å². The maximum Gasteiger partial charge on any atom is 0.232 e. The van der Waals surface area contributed by atoms with E-state index in [2.05, 4.69) is 40.3 Å². The molecule has 0 spiro atoms. The summed E-state index contributed by atoms with van der Waals surface area (Å²) in [6.07, 6.45) is 12.6. The lowest BCUT2D eigenvalue weighted by atomic mass is 9.96. The molecule has 6 nitrogen and oxygen atoms in total. The Hall–Kier alpha value is -1.63. The van der Waals surface area contributed by atoms with E-state index >= 15 is 0 Å². The maximum absolute atomic E-state index is 5.63. The van der Waals surface area contributed by atoms with Gasteiger partial charge in [-0.3, -0.25) is 0 Å². The Morgan fingerprint density at radius 3 is 2.47 bits per heavy atom. The summed E-state index contributed by atoms with van der Waals surface area (Å²) in [5.74, 6) is 3.41. The van der Waals surface area contributed by atoms with Crippen molar-refractivity contribution in [2.45, 2.75) is 90.1 Å². The number of hydrogen-bond acceptors (Lipinski definition) is 5. The first-order valence-electron chi connectivity index (χ1n) is 12.1. The molecule has 0 aromatic carbocycles. The largest absolute Gasteiger partial charge is 0.360 e. The van der Waals surface area contributed by atoms with E-state index in [1.165, 1.54) is 64.2 Å². The number of hydrogen-bond donors (Lipinski definition) is 2. The first-order valence-corrected chi connectivity index (χ1v) is 12.5. The second-order valence-electron chi connectivity index (χ2n) is 9.57. The fourth-order valence-corrected chi connectivity index (χ4v) is 5.45. The number of nitrogens with zero attached hydrogens (tertiary/aromatic N) is 4.